The summed E-state index contributed by atoms with van der Waals surface area (Å²) in [6, 6.07) is 1.83. The third-order valence-electron chi connectivity index (χ3n) is 1.81. The van der Waals surface area contributed by atoms with Gasteiger partial charge in [-0.3, -0.25) is 10.3 Å². The van der Waals surface area contributed by atoms with Crippen LogP contribution in [0, 0.1) is 6.92 Å². The van der Waals surface area contributed by atoms with E-state index in [2.05, 4.69) is 26.2 Å². The molecule has 1 aliphatic heterocycles. The third kappa shape index (κ3) is 1.51. The Morgan fingerprint density at radius 2 is 2.46 bits per heavy atom. The van der Waals surface area contributed by atoms with Crippen LogP contribution in [0.4, 0.5) is 10.5 Å². The quantitative estimate of drug-likeness (QED) is 0.759. The molecule has 4 nitrogen and oxygen atoms in total. The largest absolute Gasteiger partial charge is 0.443 e. The van der Waals surface area contributed by atoms with Crippen LogP contribution >= 0.6 is 15.9 Å². The predicted octanol–water partition coefficient (Wildman–Crippen LogP) is 2.21. The number of cyclic esters (lactones) is 1. The van der Waals surface area contributed by atoms with Crippen molar-refractivity contribution in [1.82, 2.24) is 4.98 Å². The standard InChI is InChI=1S/C8H7BrN2O2/c1-4-5(9)2-6-7(10-4)3-13-8(12)11-6/h2H,3H2,1H3,(H,11,12). The molecule has 2 heterocycles. The van der Waals surface area contributed by atoms with E-state index < -0.39 is 6.09 Å². The number of rotatable bonds is 0. The number of nitrogens with zero attached hydrogens (tertiary/aromatic N) is 1. The van der Waals surface area contributed by atoms with Crippen molar-refractivity contribution in [2.24, 2.45) is 0 Å². The van der Waals surface area contributed by atoms with Crippen LogP contribution in [-0.4, -0.2) is 11.1 Å². The number of hydrogen-bond donors (Lipinski definition) is 1. The van der Waals surface area contributed by atoms with Gasteiger partial charge in [-0.15, -0.1) is 0 Å². The maximum absolute atomic E-state index is 10.8. The smallest absolute Gasteiger partial charge is 0.412 e. The molecule has 0 bridgehead atoms. The fraction of sp³-hybridized carbons (Fsp3) is 0.250. The number of carbonyl (C=O) groups is 1. The lowest BCUT2D eigenvalue weighted by molar-refractivity contribution is 0.149. The van der Waals surface area contributed by atoms with Crippen LogP contribution in [0.5, 0.6) is 0 Å². The number of halogens is 1. The molecule has 1 N–H and O–H groups in total. The van der Waals surface area contributed by atoms with Gasteiger partial charge in [0, 0.05) is 4.47 Å². The average Bonchev–Trinajstić information content (AvgIpc) is 2.08. The van der Waals surface area contributed by atoms with E-state index in [-0.39, 0.29) is 6.61 Å². The molecular weight excluding hydrogens is 236 g/mol. The number of nitrogens with one attached hydrogen (secondary N) is 1. The predicted molar refractivity (Wildman–Crippen MR) is 50.5 cm³/mol. The number of anilines is 1. The minimum atomic E-state index is -0.426. The van der Waals surface area contributed by atoms with Gasteiger partial charge in [0.1, 0.15) is 12.3 Å². The summed E-state index contributed by atoms with van der Waals surface area (Å²) >= 11 is 3.34. The summed E-state index contributed by atoms with van der Waals surface area (Å²) in [6.45, 7) is 2.13. The second-order valence-electron chi connectivity index (χ2n) is 2.75. The first-order valence-electron chi connectivity index (χ1n) is 3.76. The SMILES string of the molecule is Cc1nc2c(cc1Br)NC(=O)OC2. The average molecular weight is 243 g/mol. The lowest BCUT2D eigenvalue weighted by Crippen LogP contribution is -2.21. The molecular formula is C8H7BrN2O2. The summed E-state index contributed by atoms with van der Waals surface area (Å²) < 4.78 is 5.65. The first-order valence-corrected chi connectivity index (χ1v) is 4.56. The maximum atomic E-state index is 10.8. The van der Waals surface area contributed by atoms with E-state index in [1.54, 1.807) is 0 Å². The molecule has 0 saturated heterocycles. The first-order chi connectivity index (χ1) is 6.16. The van der Waals surface area contributed by atoms with Gasteiger partial charge in [-0.1, -0.05) is 0 Å². The number of pyridine rings is 1. The molecule has 0 fully saturated rings. The summed E-state index contributed by atoms with van der Waals surface area (Å²) in [5, 5.41) is 2.57. The van der Waals surface area contributed by atoms with Crippen molar-refractivity contribution in [2.75, 3.05) is 5.32 Å². The second kappa shape index (κ2) is 2.99. The van der Waals surface area contributed by atoms with Crippen molar-refractivity contribution < 1.29 is 9.53 Å². The molecule has 2 rings (SSSR count). The third-order valence-corrected chi connectivity index (χ3v) is 2.61. The first kappa shape index (κ1) is 8.50. The van der Waals surface area contributed by atoms with E-state index >= 15 is 0 Å². The number of ether oxygens (including phenoxy) is 1. The Kier molecular flexibility index (Phi) is 1.95. The van der Waals surface area contributed by atoms with Crippen molar-refractivity contribution in [3.63, 3.8) is 0 Å². The fourth-order valence-corrected chi connectivity index (χ4v) is 1.45. The van der Waals surface area contributed by atoms with E-state index in [9.17, 15) is 4.79 Å². The van der Waals surface area contributed by atoms with Crippen LogP contribution in [0.15, 0.2) is 10.5 Å². The Hall–Kier alpha value is -1.10. The molecule has 5 heteroatoms. The normalized spacial score (nSPS) is 14.5. The summed E-state index contributed by atoms with van der Waals surface area (Å²) in [5.74, 6) is 0. The topological polar surface area (TPSA) is 51.2 Å². The minimum absolute atomic E-state index is 0.245. The zero-order chi connectivity index (χ0) is 9.42. The van der Waals surface area contributed by atoms with Gasteiger partial charge in [0.2, 0.25) is 0 Å². The van der Waals surface area contributed by atoms with Crippen LogP contribution in [0.25, 0.3) is 0 Å². The number of hydrogen-bond acceptors (Lipinski definition) is 3. The fourth-order valence-electron chi connectivity index (χ4n) is 1.13. The lowest BCUT2D eigenvalue weighted by atomic mass is 10.2. The molecule has 0 atom stereocenters. The molecule has 68 valence electrons. The number of carbonyl (C=O) groups excluding carboxylic acids is 1. The molecule has 1 aromatic rings. The van der Waals surface area contributed by atoms with Crippen molar-refractivity contribution in [1.29, 1.82) is 0 Å². The summed E-state index contributed by atoms with van der Waals surface area (Å²) in [4.78, 5) is 15.1. The molecule has 1 aromatic heterocycles. The molecule has 0 aromatic carbocycles. The molecule has 13 heavy (non-hydrogen) atoms. The van der Waals surface area contributed by atoms with Gasteiger partial charge < -0.3 is 4.74 Å². The second-order valence-corrected chi connectivity index (χ2v) is 3.61. The Bertz CT molecular complexity index is 379. The zero-order valence-electron chi connectivity index (χ0n) is 6.93. The molecule has 0 spiro atoms. The zero-order valence-corrected chi connectivity index (χ0v) is 8.51. The number of amides is 1. The van der Waals surface area contributed by atoms with E-state index in [0.717, 1.165) is 15.9 Å². The van der Waals surface area contributed by atoms with Crippen LogP contribution < -0.4 is 5.32 Å². The summed E-state index contributed by atoms with van der Waals surface area (Å²) in [5.41, 5.74) is 2.37. The van der Waals surface area contributed by atoms with Crippen LogP contribution in [-0.2, 0) is 11.3 Å². The number of aryl methyl sites for hydroxylation is 1. The van der Waals surface area contributed by atoms with Crippen molar-refractivity contribution >= 4 is 27.7 Å². The molecule has 1 aliphatic rings. The van der Waals surface area contributed by atoms with Crippen LogP contribution in [0.3, 0.4) is 0 Å². The Labute approximate surface area is 83.4 Å². The Morgan fingerprint density at radius 1 is 1.69 bits per heavy atom. The van der Waals surface area contributed by atoms with Gasteiger partial charge in [0.15, 0.2) is 0 Å². The van der Waals surface area contributed by atoms with Gasteiger partial charge in [-0.25, -0.2) is 4.79 Å². The minimum Gasteiger partial charge on any atom is -0.443 e. The van der Waals surface area contributed by atoms with Gasteiger partial charge >= 0.3 is 6.09 Å². The highest BCUT2D eigenvalue weighted by Gasteiger charge is 2.17. The van der Waals surface area contributed by atoms with Gasteiger partial charge in [-0.05, 0) is 28.9 Å². The molecule has 0 aliphatic carbocycles. The van der Waals surface area contributed by atoms with Crippen LogP contribution in [0.1, 0.15) is 11.4 Å². The van der Waals surface area contributed by atoms with E-state index in [0.29, 0.717) is 5.69 Å². The molecule has 0 radical (unpaired) electrons. The molecule has 1 amide bonds. The monoisotopic (exact) mass is 242 g/mol. The summed E-state index contributed by atoms with van der Waals surface area (Å²) in [6.07, 6.45) is -0.426. The lowest BCUT2D eigenvalue weighted by Gasteiger charge is -2.17. The highest BCUT2D eigenvalue weighted by atomic mass is 79.9. The molecule has 0 unspecified atom stereocenters. The van der Waals surface area contributed by atoms with Crippen molar-refractivity contribution in [3.8, 4) is 0 Å². The summed E-state index contributed by atoms with van der Waals surface area (Å²) in [7, 11) is 0. The maximum Gasteiger partial charge on any atom is 0.412 e. The van der Waals surface area contributed by atoms with Gasteiger partial charge in [-0.2, -0.15) is 0 Å². The number of fused-ring (bicyclic) bond motifs is 1. The van der Waals surface area contributed by atoms with Crippen molar-refractivity contribution in [3.05, 3.63) is 21.9 Å². The van der Waals surface area contributed by atoms with E-state index in [4.69, 9.17) is 4.74 Å². The van der Waals surface area contributed by atoms with Crippen LogP contribution in [0.2, 0.25) is 0 Å². The van der Waals surface area contributed by atoms with Gasteiger partial charge in [0.25, 0.3) is 0 Å². The Balaban J connectivity index is 2.49. The van der Waals surface area contributed by atoms with Gasteiger partial charge in [0.05, 0.1) is 11.4 Å². The highest BCUT2D eigenvalue weighted by molar-refractivity contribution is 9.10. The number of aromatic nitrogens is 1. The molecule has 0 saturated carbocycles. The van der Waals surface area contributed by atoms with E-state index in [1.807, 2.05) is 13.0 Å². The highest BCUT2D eigenvalue weighted by Crippen LogP contribution is 2.25. The van der Waals surface area contributed by atoms with Crippen molar-refractivity contribution in [2.45, 2.75) is 13.5 Å². The Morgan fingerprint density at radius 3 is 3.23 bits per heavy atom. The van der Waals surface area contributed by atoms with E-state index in [1.165, 1.54) is 0 Å².